The molecule has 0 spiro atoms. The highest BCUT2D eigenvalue weighted by Gasteiger charge is 2.30. The van der Waals surface area contributed by atoms with Crippen LogP contribution in [0.3, 0.4) is 0 Å². The highest BCUT2D eigenvalue weighted by Crippen LogP contribution is 2.31. The molecular formula is C16H19ClN2O. The van der Waals surface area contributed by atoms with E-state index < -0.39 is 0 Å². The summed E-state index contributed by atoms with van der Waals surface area (Å²) in [5, 5.41) is 1.91. The molecule has 3 rings (SSSR count). The second-order valence-electron chi connectivity index (χ2n) is 6.50. The Morgan fingerprint density at radius 2 is 2.10 bits per heavy atom. The number of carbonyl (C=O) groups excluding carboxylic acids is 1. The smallest absolute Gasteiger partial charge is 0.228 e. The molecule has 1 N–H and O–H groups in total. The van der Waals surface area contributed by atoms with Gasteiger partial charge in [0.25, 0.3) is 0 Å². The van der Waals surface area contributed by atoms with Gasteiger partial charge in [0.2, 0.25) is 5.91 Å². The maximum absolute atomic E-state index is 12.4. The van der Waals surface area contributed by atoms with Crippen molar-refractivity contribution in [2.45, 2.75) is 33.7 Å². The van der Waals surface area contributed by atoms with E-state index in [0.717, 1.165) is 23.5 Å². The summed E-state index contributed by atoms with van der Waals surface area (Å²) in [4.78, 5) is 17.8. The molecule has 0 atom stereocenters. The topological polar surface area (TPSA) is 36.1 Å². The van der Waals surface area contributed by atoms with Crippen molar-refractivity contribution in [1.29, 1.82) is 0 Å². The fourth-order valence-electron chi connectivity index (χ4n) is 2.84. The Balaban J connectivity index is 1.98. The van der Waals surface area contributed by atoms with Crippen molar-refractivity contribution in [3.05, 3.63) is 34.5 Å². The van der Waals surface area contributed by atoms with Gasteiger partial charge in [-0.05, 0) is 12.1 Å². The Morgan fingerprint density at radius 1 is 1.35 bits per heavy atom. The van der Waals surface area contributed by atoms with Crippen molar-refractivity contribution in [3.63, 3.8) is 0 Å². The first-order valence-corrected chi connectivity index (χ1v) is 7.32. The van der Waals surface area contributed by atoms with Crippen LogP contribution in [0.2, 0.25) is 5.02 Å². The molecule has 0 saturated heterocycles. The predicted molar refractivity (Wildman–Crippen MR) is 81.9 cm³/mol. The Labute approximate surface area is 123 Å². The van der Waals surface area contributed by atoms with Crippen LogP contribution in [0.25, 0.3) is 10.9 Å². The van der Waals surface area contributed by atoms with Crippen LogP contribution >= 0.6 is 11.6 Å². The molecule has 1 aromatic heterocycles. The SMILES string of the molecule is CC(C)(C)C(=O)N1CCc2[nH]c3cc(Cl)ccc3c2C1. The summed E-state index contributed by atoms with van der Waals surface area (Å²) in [6.07, 6.45) is 0.878. The molecule has 1 amide bonds. The van der Waals surface area contributed by atoms with E-state index in [1.165, 1.54) is 16.6 Å². The lowest BCUT2D eigenvalue weighted by atomic mass is 9.93. The van der Waals surface area contributed by atoms with Crippen LogP contribution in [0, 0.1) is 5.41 Å². The van der Waals surface area contributed by atoms with Gasteiger partial charge in [-0.25, -0.2) is 0 Å². The number of nitrogens with one attached hydrogen (secondary N) is 1. The lowest BCUT2D eigenvalue weighted by Gasteiger charge is -2.32. The van der Waals surface area contributed by atoms with Crippen molar-refractivity contribution in [2.24, 2.45) is 5.41 Å². The molecule has 0 bridgehead atoms. The van der Waals surface area contributed by atoms with Gasteiger partial charge in [0.15, 0.2) is 0 Å². The normalized spacial score (nSPS) is 15.5. The number of aromatic amines is 1. The van der Waals surface area contributed by atoms with E-state index >= 15 is 0 Å². The number of fused-ring (bicyclic) bond motifs is 3. The summed E-state index contributed by atoms with van der Waals surface area (Å²) in [5.41, 5.74) is 3.21. The second-order valence-corrected chi connectivity index (χ2v) is 6.94. The largest absolute Gasteiger partial charge is 0.358 e. The van der Waals surface area contributed by atoms with Crippen molar-refractivity contribution in [2.75, 3.05) is 6.54 Å². The maximum atomic E-state index is 12.4. The zero-order valence-electron chi connectivity index (χ0n) is 12.1. The van der Waals surface area contributed by atoms with Crippen LogP contribution in [0.4, 0.5) is 0 Å². The monoisotopic (exact) mass is 290 g/mol. The van der Waals surface area contributed by atoms with Gasteiger partial charge in [0.1, 0.15) is 0 Å². The van der Waals surface area contributed by atoms with Crippen LogP contribution < -0.4 is 0 Å². The molecule has 1 aliphatic rings. The third kappa shape index (κ3) is 2.20. The van der Waals surface area contributed by atoms with Gasteiger partial charge in [0, 0.05) is 52.1 Å². The van der Waals surface area contributed by atoms with Gasteiger partial charge in [-0.3, -0.25) is 4.79 Å². The van der Waals surface area contributed by atoms with Gasteiger partial charge >= 0.3 is 0 Å². The van der Waals surface area contributed by atoms with Gasteiger partial charge in [-0.15, -0.1) is 0 Å². The highest BCUT2D eigenvalue weighted by atomic mass is 35.5. The molecule has 4 heteroatoms. The van der Waals surface area contributed by atoms with Gasteiger partial charge in [-0.2, -0.15) is 0 Å². The quantitative estimate of drug-likeness (QED) is 0.788. The molecule has 0 saturated carbocycles. The van der Waals surface area contributed by atoms with E-state index in [9.17, 15) is 4.79 Å². The molecule has 106 valence electrons. The number of hydrogen-bond donors (Lipinski definition) is 1. The van der Waals surface area contributed by atoms with Crippen LogP contribution in [0.1, 0.15) is 32.0 Å². The first-order valence-electron chi connectivity index (χ1n) is 6.94. The van der Waals surface area contributed by atoms with Crippen molar-refractivity contribution in [1.82, 2.24) is 9.88 Å². The molecule has 3 nitrogen and oxygen atoms in total. The molecule has 1 aromatic carbocycles. The first kappa shape index (κ1) is 13.5. The second kappa shape index (κ2) is 4.52. The van der Waals surface area contributed by atoms with Crippen LogP contribution in [-0.4, -0.2) is 22.3 Å². The standard InChI is InChI=1S/C16H19ClN2O/c1-16(2,3)15(20)19-7-6-13-12(9-19)11-5-4-10(17)8-14(11)18-13/h4-5,8,18H,6-7,9H2,1-3H3. The van der Waals surface area contributed by atoms with E-state index in [1.807, 2.05) is 43.9 Å². The average molecular weight is 291 g/mol. The zero-order valence-corrected chi connectivity index (χ0v) is 12.8. The predicted octanol–water partition coefficient (Wildman–Crippen LogP) is 3.75. The number of amides is 1. The molecule has 2 heterocycles. The third-order valence-corrected chi connectivity index (χ3v) is 4.10. The number of aromatic nitrogens is 1. The van der Waals surface area contributed by atoms with E-state index in [2.05, 4.69) is 4.98 Å². The molecular weight excluding hydrogens is 272 g/mol. The summed E-state index contributed by atoms with van der Waals surface area (Å²) < 4.78 is 0. The summed E-state index contributed by atoms with van der Waals surface area (Å²) in [6, 6.07) is 5.89. The first-order chi connectivity index (χ1) is 9.36. The van der Waals surface area contributed by atoms with Crippen molar-refractivity contribution in [3.8, 4) is 0 Å². The molecule has 2 aromatic rings. The van der Waals surface area contributed by atoms with Crippen LogP contribution in [-0.2, 0) is 17.8 Å². The van der Waals surface area contributed by atoms with E-state index in [0.29, 0.717) is 6.54 Å². The van der Waals surface area contributed by atoms with E-state index in [-0.39, 0.29) is 11.3 Å². The number of halogens is 1. The van der Waals surface area contributed by atoms with Gasteiger partial charge in [0.05, 0.1) is 0 Å². The minimum atomic E-state index is -0.326. The minimum absolute atomic E-state index is 0.214. The van der Waals surface area contributed by atoms with Gasteiger partial charge in [-0.1, -0.05) is 38.4 Å². The van der Waals surface area contributed by atoms with Crippen LogP contribution in [0.15, 0.2) is 18.2 Å². The number of nitrogens with zero attached hydrogens (tertiary/aromatic N) is 1. The van der Waals surface area contributed by atoms with Crippen LogP contribution in [0.5, 0.6) is 0 Å². The molecule has 0 fully saturated rings. The summed E-state index contributed by atoms with van der Waals surface area (Å²) in [5.74, 6) is 0.214. The van der Waals surface area contributed by atoms with Crippen molar-refractivity contribution >= 4 is 28.4 Å². The zero-order chi connectivity index (χ0) is 14.5. The number of rotatable bonds is 0. The number of carbonyl (C=O) groups is 1. The lowest BCUT2D eigenvalue weighted by Crippen LogP contribution is -2.42. The summed E-state index contributed by atoms with van der Waals surface area (Å²) in [7, 11) is 0. The summed E-state index contributed by atoms with van der Waals surface area (Å²) in [6.45, 7) is 7.39. The molecule has 0 aliphatic carbocycles. The summed E-state index contributed by atoms with van der Waals surface area (Å²) >= 11 is 6.04. The Morgan fingerprint density at radius 3 is 2.80 bits per heavy atom. The minimum Gasteiger partial charge on any atom is -0.358 e. The fraction of sp³-hybridized carbons (Fsp3) is 0.438. The average Bonchev–Trinajstić information content (AvgIpc) is 2.73. The number of hydrogen-bond acceptors (Lipinski definition) is 1. The highest BCUT2D eigenvalue weighted by molar-refractivity contribution is 6.31. The molecule has 1 aliphatic heterocycles. The molecule has 20 heavy (non-hydrogen) atoms. The Hall–Kier alpha value is -1.48. The third-order valence-electron chi connectivity index (χ3n) is 3.87. The fourth-order valence-corrected chi connectivity index (χ4v) is 3.01. The van der Waals surface area contributed by atoms with E-state index in [1.54, 1.807) is 0 Å². The lowest BCUT2D eigenvalue weighted by molar-refractivity contribution is -0.140. The van der Waals surface area contributed by atoms with Crippen molar-refractivity contribution < 1.29 is 4.79 Å². The number of benzene rings is 1. The Kier molecular flexibility index (Phi) is 3.05. The molecule has 0 unspecified atom stereocenters. The number of H-pyrrole nitrogens is 1. The van der Waals surface area contributed by atoms with E-state index in [4.69, 9.17) is 11.6 Å². The Bertz CT molecular complexity index is 682. The maximum Gasteiger partial charge on any atom is 0.228 e. The van der Waals surface area contributed by atoms with Gasteiger partial charge < -0.3 is 9.88 Å². The molecule has 0 radical (unpaired) electrons.